The van der Waals surface area contributed by atoms with Crippen molar-refractivity contribution < 1.29 is 4.79 Å². The minimum absolute atomic E-state index is 0.00774. The molecule has 1 aromatic heterocycles. The Kier molecular flexibility index (Phi) is 7.57. The summed E-state index contributed by atoms with van der Waals surface area (Å²) in [7, 11) is 0. The van der Waals surface area contributed by atoms with Crippen molar-refractivity contribution in [1.29, 1.82) is 0 Å². The number of rotatable bonds is 9. The summed E-state index contributed by atoms with van der Waals surface area (Å²) in [4.78, 5) is 22.1. The van der Waals surface area contributed by atoms with Crippen LogP contribution in [-0.4, -0.2) is 42.1 Å². The molecule has 6 nitrogen and oxygen atoms in total. The molecule has 0 bridgehead atoms. The molecule has 0 aliphatic rings. The van der Waals surface area contributed by atoms with Gasteiger partial charge in [0, 0.05) is 37.6 Å². The highest BCUT2D eigenvalue weighted by atomic mass is 16.2. The van der Waals surface area contributed by atoms with Gasteiger partial charge in [0.25, 0.3) is 0 Å². The fourth-order valence-corrected chi connectivity index (χ4v) is 1.76. The molecule has 0 aromatic carbocycles. The molecule has 1 rings (SSSR count). The molecule has 0 unspecified atom stereocenters. The van der Waals surface area contributed by atoms with Crippen LogP contribution in [0.5, 0.6) is 0 Å². The second kappa shape index (κ2) is 9.25. The molecule has 20 heavy (non-hydrogen) atoms. The number of anilines is 1. The average Bonchev–Trinajstić information content (AvgIpc) is 2.46. The van der Waals surface area contributed by atoms with Crippen LogP contribution in [0.2, 0.25) is 0 Å². The molecule has 0 aliphatic carbocycles. The highest BCUT2D eigenvalue weighted by molar-refractivity contribution is 5.80. The van der Waals surface area contributed by atoms with Crippen molar-refractivity contribution in [3.05, 3.63) is 18.0 Å². The Hall–Kier alpha value is -1.69. The van der Waals surface area contributed by atoms with E-state index >= 15 is 0 Å². The maximum absolute atomic E-state index is 11.6. The van der Waals surface area contributed by atoms with E-state index in [0.29, 0.717) is 19.0 Å². The van der Waals surface area contributed by atoms with Crippen molar-refractivity contribution in [2.75, 3.05) is 31.1 Å². The van der Waals surface area contributed by atoms with E-state index in [1.165, 1.54) is 0 Å². The minimum atomic E-state index is -0.00774. The third-order valence-corrected chi connectivity index (χ3v) is 2.82. The predicted molar refractivity (Wildman–Crippen MR) is 80.6 cm³/mol. The molecule has 1 aromatic rings. The van der Waals surface area contributed by atoms with Gasteiger partial charge in [-0.05, 0) is 26.8 Å². The van der Waals surface area contributed by atoms with Crippen molar-refractivity contribution in [1.82, 2.24) is 20.6 Å². The molecular weight excluding hydrogens is 254 g/mol. The van der Waals surface area contributed by atoms with Crippen molar-refractivity contribution in [3.63, 3.8) is 0 Å². The van der Waals surface area contributed by atoms with Crippen molar-refractivity contribution in [2.24, 2.45) is 0 Å². The lowest BCUT2D eigenvalue weighted by molar-refractivity contribution is -0.119. The summed E-state index contributed by atoms with van der Waals surface area (Å²) in [5.41, 5.74) is 1.05. The third kappa shape index (κ3) is 5.52. The second-order valence-corrected chi connectivity index (χ2v) is 4.54. The molecule has 1 heterocycles. The molecule has 0 spiro atoms. The molecular formula is C14H25N5O. The van der Waals surface area contributed by atoms with E-state index in [-0.39, 0.29) is 12.5 Å². The number of amides is 1. The van der Waals surface area contributed by atoms with E-state index in [1.807, 2.05) is 31.1 Å². The van der Waals surface area contributed by atoms with Crippen molar-refractivity contribution in [3.8, 4) is 0 Å². The van der Waals surface area contributed by atoms with Gasteiger partial charge in [-0.1, -0.05) is 6.92 Å². The number of hydrogen-bond acceptors (Lipinski definition) is 5. The van der Waals surface area contributed by atoms with E-state index < -0.39 is 0 Å². The Labute approximate surface area is 121 Å². The van der Waals surface area contributed by atoms with Gasteiger partial charge in [0.15, 0.2) is 0 Å². The van der Waals surface area contributed by atoms with Crippen LogP contribution in [0, 0.1) is 0 Å². The zero-order chi connectivity index (χ0) is 14.8. The Bertz CT molecular complexity index is 393. The molecule has 0 radical (unpaired) electrons. The van der Waals surface area contributed by atoms with Crippen LogP contribution in [0.1, 0.15) is 32.8 Å². The fraction of sp³-hybridized carbons (Fsp3) is 0.643. The number of carbonyl (C=O) groups excluding carboxylic acids is 1. The summed E-state index contributed by atoms with van der Waals surface area (Å²) in [5.74, 6) is 0.588. The van der Waals surface area contributed by atoms with Crippen molar-refractivity contribution >= 4 is 11.9 Å². The van der Waals surface area contributed by atoms with Gasteiger partial charge in [-0.15, -0.1) is 0 Å². The highest BCUT2D eigenvalue weighted by Crippen LogP contribution is 2.06. The Balaban J connectivity index is 2.57. The quantitative estimate of drug-likeness (QED) is 0.658. The molecule has 6 heteroatoms. The number of hydrogen-bond donors (Lipinski definition) is 2. The highest BCUT2D eigenvalue weighted by Gasteiger charge is 2.11. The number of nitrogens with one attached hydrogen (secondary N) is 2. The molecule has 1 amide bonds. The molecule has 112 valence electrons. The summed E-state index contributed by atoms with van der Waals surface area (Å²) in [6.07, 6.45) is 4.73. The van der Waals surface area contributed by atoms with Gasteiger partial charge in [0.1, 0.15) is 0 Å². The molecule has 0 saturated carbocycles. The zero-order valence-corrected chi connectivity index (χ0v) is 12.6. The first-order valence-corrected chi connectivity index (χ1v) is 7.24. The van der Waals surface area contributed by atoms with Crippen LogP contribution < -0.4 is 15.5 Å². The van der Waals surface area contributed by atoms with Gasteiger partial charge in [-0.3, -0.25) is 4.79 Å². The van der Waals surface area contributed by atoms with Gasteiger partial charge < -0.3 is 15.5 Å². The normalized spacial score (nSPS) is 10.3. The molecule has 0 fully saturated rings. The van der Waals surface area contributed by atoms with E-state index in [4.69, 9.17) is 0 Å². The Morgan fingerprint density at radius 3 is 2.50 bits per heavy atom. The maximum atomic E-state index is 11.6. The molecule has 0 aliphatic heterocycles. The predicted octanol–water partition coefficient (Wildman–Crippen LogP) is 0.939. The van der Waals surface area contributed by atoms with E-state index in [0.717, 1.165) is 25.1 Å². The van der Waals surface area contributed by atoms with Gasteiger partial charge in [-0.25, -0.2) is 9.97 Å². The van der Waals surface area contributed by atoms with Crippen LogP contribution in [0.4, 0.5) is 5.95 Å². The van der Waals surface area contributed by atoms with Gasteiger partial charge >= 0.3 is 0 Å². The molecule has 2 N–H and O–H groups in total. The maximum Gasteiger partial charge on any atom is 0.239 e. The third-order valence-electron chi connectivity index (χ3n) is 2.82. The van der Waals surface area contributed by atoms with Gasteiger partial charge in [-0.2, -0.15) is 0 Å². The van der Waals surface area contributed by atoms with E-state index in [1.54, 1.807) is 0 Å². The monoisotopic (exact) mass is 279 g/mol. The van der Waals surface area contributed by atoms with Gasteiger partial charge in [0.05, 0.1) is 6.54 Å². The lowest BCUT2D eigenvalue weighted by Crippen LogP contribution is -2.38. The van der Waals surface area contributed by atoms with Crippen LogP contribution in [0.3, 0.4) is 0 Å². The smallest absolute Gasteiger partial charge is 0.239 e. The second-order valence-electron chi connectivity index (χ2n) is 4.54. The van der Waals surface area contributed by atoms with E-state index in [9.17, 15) is 4.79 Å². The number of likely N-dealkylation sites (N-methyl/N-ethyl adjacent to an activating group) is 2. The number of nitrogens with zero attached hydrogens (tertiary/aromatic N) is 3. The molecule has 0 atom stereocenters. The Morgan fingerprint density at radius 1 is 1.25 bits per heavy atom. The van der Waals surface area contributed by atoms with Crippen LogP contribution in [-0.2, 0) is 11.3 Å². The Morgan fingerprint density at radius 2 is 1.95 bits per heavy atom. The standard InChI is InChI=1S/C14H25N5O/c1-4-7-15-8-12-9-17-14(18-10-12)19(6-3)11-13(20)16-5-2/h9-10,15H,4-8,11H2,1-3H3,(H,16,20). The van der Waals surface area contributed by atoms with Crippen molar-refractivity contribution in [2.45, 2.75) is 33.7 Å². The summed E-state index contributed by atoms with van der Waals surface area (Å²) < 4.78 is 0. The SMILES string of the molecule is CCCNCc1cnc(N(CC)CC(=O)NCC)nc1. The average molecular weight is 279 g/mol. The van der Waals surface area contributed by atoms with Crippen LogP contribution in [0.25, 0.3) is 0 Å². The largest absolute Gasteiger partial charge is 0.355 e. The lowest BCUT2D eigenvalue weighted by Gasteiger charge is -2.20. The summed E-state index contributed by atoms with van der Waals surface area (Å²) in [5, 5.41) is 6.08. The summed E-state index contributed by atoms with van der Waals surface area (Å²) in [6, 6.07) is 0. The fourth-order valence-electron chi connectivity index (χ4n) is 1.76. The first kappa shape index (κ1) is 16.4. The minimum Gasteiger partial charge on any atom is -0.355 e. The van der Waals surface area contributed by atoms with Gasteiger partial charge in [0.2, 0.25) is 11.9 Å². The number of carbonyl (C=O) groups is 1. The van der Waals surface area contributed by atoms with E-state index in [2.05, 4.69) is 27.5 Å². The topological polar surface area (TPSA) is 70.2 Å². The molecule has 0 saturated heterocycles. The first-order chi connectivity index (χ1) is 9.71. The summed E-state index contributed by atoms with van der Waals surface area (Å²) >= 11 is 0. The zero-order valence-electron chi connectivity index (χ0n) is 12.6. The summed E-state index contributed by atoms with van der Waals surface area (Å²) in [6.45, 7) is 9.41. The van der Waals surface area contributed by atoms with Crippen LogP contribution >= 0.6 is 0 Å². The lowest BCUT2D eigenvalue weighted by atomic mass is 10.3. The van der Waals surface area contributed by atoms with Crippen LogP contribution in [0.15, 0.2) is 12.4 Å². The number of aromatic nitrogens is 2. The first-order valence-electron chi connectivity index (χ1n) is 7.24.